The van der Waals surface area contributed by atoms with Gasteiger partial charge in [0.1, 0.15) is 0 Å². The molecule has 88 valence electrons. The van der Waals surface area contributed by atoms with Gasteiger partial charge in [0.15, 0.2) is 0 Å². The van der Waals surface area contributed by atoms with E-state index in [1.54, 1.807) is 0 Å². The van der Waals surface area contributed by atoms with Crippen LogP contribution in [0.4, 0.5) is 0 Å². The Bertz CT molecular complexity index is 382. The van der Waals surface area contributed by atoms with Crippen molar-refractivity contribution in [2.75, 3.05) is 13.1 Å². The second kappa shape index (κ2) is 5.10. The minimum absolute atomic E-state index is 0.0292. The van der Waals surface area contributed by atoms with E-state index in [-0.39, 0.29) is 5.91 Å². The van der Waals surface area contributed by atoms with Crippen LogP contribution >= 0.6 is 22.9 Å². The maximum atomic E-state index is 12.0. The van der Waals surface area contributed by atoms with Crippen molar-refractivity contribution in [2.45, 2.75) is 26.2 Å². The highest BCUT2D eigenvalue weighted by atomic mass is 35.5. The van der Waals surface area contributed by atoms with Crippen LogP contribution in [0.25, 0.3) is 0 Å². The molecule has 1 aromatic rings. The zero-order valence-corrected chi connectivity index (χ0v) is 10.7. The molecule has 0 bridgehead atoms. The molecule has 1 aliphatic heterocycles. The Kier molecular flexibility index (Phi) is 3.76. The van der Waals surface area contributed by atoms with Crippen LogP contribution in [-0.4, -0.2) is 34.1 Å². The summed E-state index contributed by atoms with van der Waals surface area (Å²) in [5, 5.41) is 7.85. The third-order valence-corrected chi connectivity index (χ3v) is 3.89. The molecule has 16 heavy (non-hydrogen) atoms. The summed E-state index contributed by atoms with van der Waals surface area (Å²) in [6, 6.07) is 0. The number of halogens is 1. The number of carbonyl (C=O) groups excluding carboxylic acids is 1. The molecule has 2 rings (SSSR count). The number of carbonyl (C=O) groups is 1. The zero-order chi connectivity index (χ0) is 11.5. The van der Waals surface area contributed by atoms with Crippen LogP contribution in [0.15, 0.2) is 0 Å². The standard InChI is InChI=1S/C10H14ClN3OS/c1-7-3-2-5-14(6-4-7)9(15)8-12-13-10(11)16-8/h7H,2-6H2,1H3. The minimum Gasteiger partial charge on any atom is -0.337 e. The van der Waals surface area contributed by atoms with Crippen LogP contribution in [0, 0.1) is 5.92 Å². The molecule has 1 unspecified atom stereocenters. The van der Waals surface area contributed by atoms with Gasteiger partial charge in [-0.1, -0.05) is 18.3 Å². The molecule has 1 saturated heterocycles. The Morgan fingerprint density at radius 2 is 2.25 bits per heavy atom. The van der Waals surface area contributed by atoms with E-state index < -0.39 is 0 Å². The number of nitrogens with zero attached hydrogens (tertiary/aromatic N) is 3. The second-order valence-corrected chi connectivity index (χ2v) is 5.75. The summed E-state index contributed by atoms with van der Waals surface area (Å²) in [6.07, 6.45) is 3.33. The maximum absolute atomic E-state index is 12.0. The lowest BCUT2D eigenvalue weighted by Crippen LogP contribution is -2.31. The third-order valence-electron chi connectivity index (χ3n) is 2.89. The highest BCUT2D eigenvalue weighted by Gasteiger charge is 2.22. The fourth-order valence-electron chi connectivity index (χ4n) is 1.89. The summed E-state index contributed by atoms with van der Waals surface area (Å²) in [6.45, 7) is 3.87. The molecule has 2 heterocycles. The van der Waals surface area contributed by atoms with Crippen molar-refractivity contribution in [2.24, 2.45) is 5.92 Å². The molecule has 0 aliphatic carbocycles. The number of aromatic nitrogens is 2. The second-order valence-electron chi connectivity index (χ2n) is 4.19. The topological polar surface area (TPSA) is 46.1 Å². The number of amides is 1. The number of hydrogen-bond acceptors (Lipinski definition) is 4. The van der Waals surface area contributed by atoms with Gasteiger partial charge in [0.05, 0.1) is 0 Å². The van der Waals surface area contributed by atoms with Crippen LogP contribution in [0.5, 0.6) is 0 Å². The molecular weight excluding hydrogens is 246 g/mol. The SMILES string of the molecule is CC1CCCN(C(=O)c2nnc(Cl)s2)CC1. The lowest BCUT2D eigenvalue weighted by atomic mass is 10.0. The Morgan fingerprint density at radius 3 is 2.94 bits per heavy atom. The van der Waals surface area contributed by atoms with Crippen LogP contribution in [0.3, 0.4) is 0 Å². The first kappa shape index (κ1) is 11.8. The van der Waals surface area contributed by atoms with E-state index in [4.69, 9.17) is 11.6 Å². The van der Waals surface area contributed by atoms with E-state index in [9.17, 15) is 4.79 Å². The predicted molar refractivity (Wildman–Crippen MR) is 63.8 cm³/mol. The fourth-order valence-corrected chi connectivity index (χ4v) is 2.69. The Morgan fingerprint density at radius 1 is 1.44 bits per heavy atom. The van der Waals surface area contributed by atoms with Crippen LogP contribution in [-0.2, 0) is 0 Å². The van der Waals surface area contributed by atoms with E-state index in [1.165, 1.54) is 6.42 Å². The van der Waals surface area contributed by atoms with E-state index >= 15 is 0 Å². The molecule has 1 aliphatic rings. The van der Waals surface area contributed by atoms with Crippen molar-refractivity contribution >= 4 is 28.8 Å². The lowest BCUT2D eigenvalue weighted by molar-refractivity contribution is 0.0759. The molecule has 4 nitrogen and oxygen atoms in total. The summed E-state index contributed by atoms with van der Waals surface area (Å²) >= 11 is 6.82. The summed E-state index contributed by atoms with van der Waals surface area (Å²) in [5.74, 6) is 0.675. The van der Waals surface area contributed by atoms with Gasteiger partial charge in [-0.25, -0.2) is 0 Å². The van der Waals surface area contributed by atoms with Crippen LogP contribution in [0.1, 0.15) is 36.0 Å². The number of likely N-dealkylation sites (tertiary alicyclic amines) is 1. The molecule has 1 fully saturated rings. The summed E-state index contributed by atoms with van der Waals surface area (Å²) < 4.78 is 0.325. The van der Waals surface area contributed by atoms with Crippen LogP contribution in [0.2, 0.25) is 4.47 Å². The van der Waals surface area contributed by atoms with E-state index in [0.29, 0.717) is 15.4 Å². The van der Waals surface area contributed by atoms with Crippen molar-refractivity contribution in [3.05, 3.63) is 9.47 Å². The summed E-state index contributed by atoms with van der Waals surface area (Å²) in [7, 11) is 0. The molecular formula is C10H14ClN3OS. The quantitative estimate of drug-likeness (QED) is 0.778. The summed E-state index contributed by atoms with van der Waals surface area (Å²) in [4.78, 5) is 13.9. The first-order valence-electron chi connectivity index (χ1n) is 5.45. The van der Waals surface area contributed by atoms with Crippen molar-refractivity contribution < 1.29 is 4.79 Å². The largest absolute Gasteiger partial charge is 0.337 e. The highest BCUT2D eigenvalue weighted by Crippen LogP contribution is 2.20. The monoisotopic (exact) mass is 259 g/mol. The van der Waals surface area contributed by atoms with Crippen molar-refractivity contribution in [3.63, 3.8) is 0 Å². The van der Waals surface area contributed by atoms with E-state index in [0.717, 1.165) is 37.3 Å². The Balaban J connectivity index is 2.04. The van der Waals surface area contributed by atoms with E-state index in [1.807, 2.05) is 4.90 Å². The zero-order valence-electron chi connectivity index (χ0n) is 9.15. The predicted octanol–water partition coefficient (Wildman–Crippen LogP) is 2.45. The van der Waals surface area contributed by atoms with Crippen LogP contribution < -0.4 is 0 Å². The van der Waals surface area contributed by atoms with Gasteiger partial charge in [-0.2, -0.15) is 0 Å². The van der Waals surface area contributed by atoms with E-state index in [2.05, 4.69) is 17.1 Å². The molecule has 1 amide bonds. The number of rotatable bonds is 1. The molecule has 1 aromatic heterocycles. The maximum Gasteiger partial charge on any atom is 0.284 e. The molecule has 0 aromatic carbocycles. The van der Waals surface area contributed by atoms with Gasteiger partial charge >= 0.3 is 0 Å². The fraction of sp³-hybridized carbons (Fsp3) is 0.700. The normalized spacial score (nSPS) is 21.9. The molecule has 6 heteroatoms. The van der Waals surface area contributed by atoms with Gasteiger partial charge in [-0.15, -0.1) is 10.2 Å². The molecule has 0 spiro atoms. The van der Waals surface area contributed by atoms with Crippen molar-refractivity contribution in [1.29, 1.82) is 0 Å². The van der Waals surface area contributed by atoms with Gasteiger partial charge in [0.2, 0.25) is 9.47 Å². The first-order chi connectivity index (χ1) is 7.66. The van der Waals surface area contributed by atoms with Gasteiger partial charge in [0, 0.05) is 13.1 Å². The average Bonchev–Trinajstić information content (AvgIpc) is 2.57. The Labute approximate surface area is 104 Å². The van der Waals surface area contributed by atoms with Crippen molar-refractivity contribution in [1.82, 2.24) is 15.1 Å². The number of hydrogen-bond donors (Lipinski definition) is 0. The Hall–Kier alpha value is -0.680. The van der Waals surface area contributed by atoms with Crippen molar-refractivity contribution in [3.8, 4) is 0 Å². The third kappa shape index (κ3) is 2.71. The molecule has 0 N–H and O–H groups in total. The van der Waals surface area contributed by atoms with Gasteiger partial charge < -0.3 is 4.90 Å². The summed E-state index contributed by atoms with van der Waals surface area (Å²) in [5.41, 5.74) is 0. The average molecular weight is 260 g/mol. The molecule has 0 saturated carbocycles. The van der Waals surface area contributed by atoms with Gasteiger partial charge in [-0.05, 0) is 36.8 Å². The van der Waals surface area contributed by atoms with Gasteiger partial charge in [-0.3, -0.25) is 4.79 Å². The minimum atomic E-state index is -0.0292. The first-order valence-corrected chi connectivity index (χ1v) is 6.64. The lowest BCUT2D eigenvalue weighted by Gasteiger charge is -2.18. The van der Waals surface area contributed by atoms with Gasteiger partial charge in [0.25, 0.3) is 5.91 Å². The molecule has 0 radical (unpaired) electrons. The molecule has 1 atom stereocenters. The smallest absolute Gasteiger partial charge is 0.284 e. The highest BCUT2D eigenvalue weighted by molar-refractivity contribution is 7.17.